The summed E-state index contributed by atoms with van der Waals surface area (Å²) in [5.41, 5.74) is 1.28. The van der Waals surface area contributed by atoms with Gasteiger partial charge in [0, 0.05) is 18.2 Å². The Hall–Kier alpha value is -2.12. The molecule has 0 saturated heterocycles. The molecule has 4 nitrogen and oxygen atoms in total. The fraction of sp³-hybridized carbons (Fsp3) is 0.375. The van der Waals surface area contributed by atoms with Crippen LogP contribution in [0.25, 0.3) is 10.9 Å². The molecule has 0 bridgehead atoms. The average molecular weight is 270 g/mol. The van der Waals surface area contributed by atoms with Crippen LogP contribution in [0, 0.1) is 11.3 Å². The number of fused-ring (bicyclic) bond motifs is 1. The quantitative estimate of drug-likeness (QED) is 0.724. The Labute approximate surface area is 119 Å². The lowest BCUT2D eigenvalue weighted by Crippen LogP contribution is -2.08. The van der Waals surface area contributed by atoms with Crippen LogP contribution in [0.1, 0.15) is 25.3 Å². The van der Waals surface area contributed by atoms with E-state index in [1.54, 1.807) is 6.20 Å². The van der Waals surface area contributed by atoms with Crippen LogP contribution < -0.4 is 4.74 Å². The van der Waals surface area contributed by atoms with Crippen molar-refractivity contribution < 1.29 is 9.47 Å². The number of pyridine rings is 1. The molecule has 2 aromatic rings. The van der Waals surface area contributed by atoms with E-state index in [2.05, 4.69) is 18.0 Å². The van der Waals surface area contributed by atoms with Crippen LogP contribution in [0.15, 0.2) is 30.5 Å². The van der Waals surface area contributed by atoms with Gasteiger partial charge in [0.2, 0.25) is 0 Å². The molecule has 0 spiro atoms. The minimum Gasteiger partial charge on any atom is -0.489 e. The highest BCUT2D eigenvalue weighted by Gasteiger charge is 2.09. The predicted molar refractivity (Wildman–Crippen MR) is 77.7 cm³/mol. The van der Waals surface area contributed by atoms with Crippen molar-refractivity contribution in [2.24, 2.45) is 0 Å². The Morgan fingerprint density at radius 3 is 2.85 bits per heavy atom. The molecule has 0 N–H and O–H groups in total. The number of nitriles is 1. The molecule has 0 amide bonds. The summed E-state index contributed by atoms with van der Waals surface area (Å²) in [5.74, 6) is 0.595. The zero-order valence-electron chi connectivity index (χ0n) is 11.6. The molecule has 104 valence electrons. The molecule has 0 radical (unpaired) electrons. The van der Waals surface area contributed by atoms with E-state index in [0.29, 0.717) is 24.5 Å². The molecular formula is C16H18N2O2. The van der Waals surface area contributed by atoms with E-state index in [-0.39, 0.29) is 0 Å². The zero-order chi connectivity index (χ0) is 14.2. The Morgan fingerprint density at radius 2 is 2.05 bits per heavy atom. The van der Waals surface area contributed by atoms with Gasteiger partial charge in [-0.3, -0.25) is 4.98 Å². The standard InChI is InChI=1S/C16H18N2O2/c1-2-3-8-19-9-10-20-16-13(11-17)12-18-15-7-5-4-6-14(15)16/h4-7,12H,2-3,8-10H2,1H3. The van der Waals surface area contributed by atoms with Crippen molar-refractivity contribution in [1.82, 2.24) is 4.98 Å². The van der Waals surface area contributed by atoms with Gasteiger partial charge in [0.25, 0.3) is 0 Å². The monoisotopic (exact) mass is 270 g/mol. The molecule has 0 aliphatic rings. The first-order chi connectivity index (χ1) is 9.86. The number of hydrogen-bond acceptors (Lipinski definition) is 4. The second-order valence-corrected chi connectivity index (χ2v) is 4.44. The largest absolute Gasteiger partial charge is 0.489 e. The van der Waals surface area contributed by atoms with Crippen molar-refractivity contribution in [3.63, 3.8) is 0 Å². The van der Waals surface area contributed by atoms with Crippen molar-refractivity contribution in [1.29, 1.82) is 5.26 Å². The molecule has 20 heavy (non-hydrogen) atoms. The zero-order valence-corrected chi connectivity index (χ0v) is 11.6. The van der Waals surface area contributed by atoms with E-state index >= 15 is 0 Å². The van der Waals surface area contributed by atoms with Crippen LogP contribution in [0.2, 0.25) is 0 Å². The topological polar surface area (TPSA) is 55.1 Å². The van der Waals surface area contributed by atoms with Crippen molar-refractivity contribution in [3.8, 4) is 11.8 Å². The van der Waals surface area contributed by atoms with Crippen molar-refractivity contribution in [2.75, 3.05) is 19.8 Å². The van der Waals surface area contributed by atoms with Gasteiger partial charge in [-0.05, 0) is 18.6 Å². The lowest BCUT2D eigenvalue weighted by atomic mass is 10.1. The average Bonchev–Trinajstić information content (AvgIpc) is 2.50. The number of ether oxygens (including phenoxy) is 2. The molecular weight excluding hydrogens is 252 g/mol. The maximum atomic E-state index is 9.15. The van der Waals surface area contributed by atoms with Gasteiger partial charge in [-0.15, -0.1) is 0 Å². The number of unbranched alkanes of at least 4 members (excludes halogenated alkanes) is 1. The molecule has 0 aliphatic carbocycles. The predicted octanol–water partition coefficient (Wildman–Crippen LogP) is 3.30. The van der Waals surface area contributed by atoms with Crippen LogP contribution >= 0.6 is 0 Å². The Balaban J connectivity index is 2.06. The van der Waals surface area contributed by atoms with Gasteiger partial charge in [-0.2, -0.15) is 5.26 Å². The molecule has 2 rings (SSSR count). The molecule has 1 aromatic heterocycles. The fourth-order valence-corrected chi connectivity index (χ4v) is 1.90. The fourth-order valence-electron chi connectivity index (χ4n) is 1.90. The van der Waals surface area contributed by atoms with Crippen molar-refractivity contribution in [3.05, 3.63) is 36.0 Å². The number of nitrogens with zero attached hydrogens (tertiary/aromatic N) is 2. The lowest BCUT2D eigenvalue weighted by molar-refractivity contribution is 0.0984. The molecule has 0 saturated carbocycles. The third kappa shape index (κ3) is 3.46. The number of rotatable bonds is 7. The third-order valence-corrected chi connectivity index (χ3v) is 2.96. The van der Waals surface area contributed by atoms with Gasteiger partial charge >= 0.3 is 0 Å². The van der Waals surface area contributed by atoms with Gasteiger partial charge in [0.15, 0.2) is 0 Å². The van der Waals surface area contributed by atoms with Gasteiger partial charge in [0.1, 0.15) is 24.0 Å². The Morgan fingerprint density at radius 1 is 1.20 bits per heavy atom. The van der Waals surface area contributed by atoms with Gasteiger partial charge in [-0.25, -0.2) is 0 Å². The van der Waals surface area contributed by atoms with Gasteiger partial charge < -0.3 is 9.47 Å². The van der Waals surface area contributed by atoms with Crippen LogP contribution in [0.5, 0.6) is 5.75 Å². The van der Waals surface area contributed by atoms with Gasteiger partial charge in [0.05, 0.1) is 12.1 Å². The minimum absolute atomic E-state index is 0.437. The summed E-state index contributed by atoms with van der Waals surface area (Å²) in [4.78, 5) is 4.25. The molecule has 1 heterocycles. The Kier molecular flexibility index (Phi) is 5.33. The van der Waals surface area contributed by atoms with E-state index in [1.165, 1.54) is 0 Å². The van der Waals surface area contributed by atoms with Gasteiger partial charge in [-0.1, -0.05) is 25.5 Å². The number of aromatic nitrogens is 1. The molecule has 4 heteroatoms. The smallest absolute Gasteiger partial charge is 0.148 e. The van der Waals surface area contributed by atoms with Crippen molar-refractivity contribution in [2.45, 2.75) is 19.8 Å². The summed E-state index contributed by atoms with van der Waals surface area (Å²) in [7, 11) is 0. The second-order valence-electron chi connectivity index (χ2n) is 4.44. The van der Waals surface area contributed by atoms with Crippen LogP contribution in [-0.2, 0) is 4.74 Å². The highest BCUT2D eigenvalue weighted by molar-refractivity contribution is 5.86. The van der Waals surface area contributed by atoms with E-state index in [1.807, 2.05) is 24.3 Å². The SMILES string of the molecule is CCCCOCCOc1c(C#N)cnc2ccccc12. The minimum atomic E-state index is 0.437. The summed E-state index contributed by atoms with van der Waals surface area (Å²) in [5, 5.41) is 10.0. The van der Waals surface area contributed by atoms with E-state index in [4.69, 9.17) is 14.7 Å². The first kappa shape index (κ1) is 14.3. The normalized spacial score (nSPS) is 10.4. The molecule has 0 unspecified atom stereocenters. The van der Waals surface area contributed by atoms with E-state index in [9.17, 15) is 0 Å². The Bertz CT molecular complexity index is 605. The number of para-hydroxylation sites is 1. The highest BCUT2D eigenvalue weighted by atomic mass is 16.5. The second kappa shape index (κ2) is 7.46. The molecule has 1 aromatic carbocycles. The number of hydrogen-bond donors (Lipinski definition) is 0. The molecule has 0 aliphatic heterocycles. The summed E-state index contributed by atoms with van der Waals surface area (Å²) in [6.45, 7) is 3.85. The lowest BCUT2D eigenvalue weighted by Gasteiger charge is -2.10. The summed E-state index contributed by atoms with van der Waals surface area (Å²) in [6, 6.07) is 9.77. The number of benzene rings is 1. The summed E-state index contributed by atoms with van der Waals surface area (Å²) in [6.07, 6.45) is 3.73. The first-order valence-corrected chi connectivity index (χ1v) is 6.85. The van der Waals surface area contributed by atoms with Crippen LogP contribution in [0.4, 0.5) is 0 Å². The highest BCUT2D eigenvalue weighted by Crippen LogP contribution is 2.27. The van der Waals surface area contributed by atoms with E-state index in [0.717, 1.165) is 30.4 Å². The summed E-state index contributed by atoms with van der Waals surface area (Å²) >= 11 is 0. The molecule has 0 atom stereocenters. The van der Waals surface area contributed by atoms with E-state index < -0.39 is 0 Å². The third-order valence-electron chi connectivity index (χ3n) is 2.96. The molecule has 0 fully saturated rings. The van der Waals surface area contributed by atoms with Crippen LogP contribution in [0.3, 0.4) is 0 Å². The summed E-state index contributed by atoms with van der Waals surface area (Å²) < 4.78 is 11.2. The maximum absolute atomic E-state index is 9.15. The van der Waals surface area contributed by atoms with Crippen LogP contribution in [-0.4, -0.2) is 24.8 Å². The maximum Gasteiger partial charge on any atom is 0.148 e. The first-order valence-electron chi connectivity index (χ1n) is 6.85. The van der Waals surface area contributed by atoms with Crippen molar-refractivity contribution >= 4 is 10.9 Å².